The molecule has 0 amide bonds. The highest BCUT2D eigenvalue weighted by atomic mass is 79.9. The summed E-state index contributed by atoms with van der Waals surface area (Å²) in [7, 11) is 0. The molecule has 4 heteroatoms. The lowest BCUT2D eigenvalue weighted by atomic mass is 10.1. The average Bonchev–Trinajstić information content (AvgIpc) is 3.17. The Bertz CT molecular complexity index is 434. The lowest BCUT2D eigenvalue weighted by Crippen LogP contribution is -2.51. The van der Waals surface area contributed by atoms with Gasteiger partial charge in [-0.05, 0) is 36.5 Å². The molecule has 2 nitrogen and oxygen atoms in total. The van der Waals surface area contributed by atoms with Crippen molar-refractivity contribution in [2.75, 3.05) is 19.6 Å². The van der Waals surface area contributed by atoms with Crippen LogP contribution in [0.3, 0.4) is 0 Å². The number of nitrogens with one attached hydrogen (secondary N) is 1. The summed E-state index contributed by atoms with van der Waals surface area (Å²) in [6, 6.07) is 6.88. The molecule has 1 aromatic rings. The van der Waals surface area contributed by atoms with Crippen molar-refractivity contribution in [2.24, 2.45) is 5.92 Å². The number of rotatable bonds is 3. The Hall–Kier alpha value is -0.0900. The van der Waals surface area contributed by atoms with Crippen molar-refractivity contribution in [2.45, 2.75) is 25.4 Å². The maximum Gasteiger partial charge on any atom is 0.0462 e. The summed E-state index contributed by atoms with van der Waals surface area (Å²) in [5, 5.41) is 4.50. The van der Waals surface area contributed by atoms with Gasteiger partial charge in [0.25, 0.3) is 0 Å². The van der Waals surface area contributed by atoms with Crippen LogP contribution in [0.4, 0.5) is 0 Å². The van der Waals surface area contributed by atoms with Crippen LogP contribution in [0.25, 0.3) is 0 Å². The molecule has 2 fully saturated rings. The van der Waals surface area contributed by atoms with E-state index in [2.05, 4.69) is 38.3 Å². The van der Waals surface area contributed by atoms with Gasteiger partial charge in [0, 0.05) is 41.7 Å². The van der Waals surface area contributed by atoms with Crippen LogP contribution in [0, 0.1) is 5.92 Å². The van der Waals surface area contributed by atoms with Gasteiger partial charge < -0.3 is 5.32 Å². The molecule has 0 spiro atoms. The van der Waals surface area contributed by atoms with Crippen molar-refractivity contribution in [1.82, 2.24) is 10.2 Å². The maximum absolute atomic E-state index is 6.29. The van der Waals surface area contributed by atoms with E-state index >= 15 is 0 Å². The largest absolute Gasteiger partial charge is 0.311 e. The molecule has 1 N–H and O–H groups in total. The summed E-state index contributed by atoms with van der Waals surface area (Å²) in [5.74, 6) is 0.924. The van der Waals surface area contributed by atoms with Gasteiger partial charge in [-0.15, -0.1) is 0 Å². The molecule has 1 unspecified atom stereocenters. The van der Waals surface area contributed by atoms with Gasteiger partial charge in [0.05, 0.1) is 0 Å². The van der Waals surface area contributed by atoms with Crippen molar-refractivity contribution < 1.29 is 0 Å². The van der Waals surface area contributed by atoms with Crippen LogP contribution in [0.2, 0.25) is 5.02 Å². The van der Waals surface area contributed by atoms with Crippen molar-refractivity contribution in [1.29, 1.82) is 0 Å². The van der Waals surface area contributed by atoms with Gasteiger partial charge in [-0.2, -0.15) is 0 Å². The van der Waals surface area contributed by atoms with Crippen LogP contribution in [0.1, 0.15) is 18.4 Å². The van der Waals surface area contributed by atoms with E-state index in [9.17, 15) is 0 Å². The van der Waals surface area contributed by atoms with Crippen LogP contribution in [0.15, 0.2) is 22.7 Å². The summed E-state index contributed by atoms with van der Waals surface area (Å²) in [6.45, 7) is 4.36. The minimum absolute atomic E-state index is 0.702. The molecule has 0 bridgehead atoms. The summed E-state index contributed by atoms with van der Waals surface area (Å²) in [4.78, 5) is 2.52. The van der Waals surface area contributed by atoms with Gasteiger partial charge in [-0.1, -0.05) is 33.6 Å². The zero-order chi connectivity index (χ0) is 12.5. The highest BCUT2D eigenvalue weighted by Crippen LogP contribution is 2.34. The van der Waals surface area contributed by atoms with E-state index < -0.39 is 0 Å². The molecule has 1 aliphatic carbocycles. The summed E-state index contributed by atoms with van der Waals surface area (Å²) >= 11 is 9.74. The van der Waals surface area contributed by atoms with Crippen molar-refractivity contribution in [3.63, 3.8) is 0 Å². The van der Waals surface area contributed by atoms with E-state index in [4.69, 9.17) is 11.6 Å². The second-order valence-corrected chi connectivity index (χ2v) is 6.69. The van der Waals surface area contributed by atoms with Crippen LogP contribution < -0.4 is 5.32 Å². The zero-order valence-electron chi connectivity index (χ0n) is 10.3. The smallest absolute Gasteiger partial charge is 0.0462 e. The Morgan fingerprint density at radius 3 is 2.94 bits per heavy atom. The molecular formula is C14H18BrClN2. The fourth-order valence-corrected chi connectivity index (χ4v) is 3.42. The molecule has 1 aliphatic heterocycles. The highest BCUT2D eigenvalue weighted by Gasteiger charge is 2.33. The Kier molecular flexibility index (Phi) is 3.94. The van der Waals surface area contributed by atoms with Gasteiger partial charge in [0.2, 0.25) is 0 Å². The first-order chi connectivity index (χ1) is 8.72. The Labute approximate surface area is 122 Å². The first-order valence-corrected chi connectivity index (χ1v) is 7.79. The van der Waals surface area contributed by atoms with Gasteiger partial charge >= 0.3 is 0 Å². The Morgan fingerprint density at radius 2 is 2.22 bits per heavy atom. The molecular weight excluding hydrogens is 312 g/mol. The molecule has 98 valence electrons. The van der Waals surface area contributed by atoms with Gasteiger partial charge in [0.1, 0.15) is 0 Å². The third kappa shape index (κ3) is 3.08. The van der Waals surface area contributed by atoms with Gasteiger partial charge in [-0.3, -0.25) is 4.90 Å². The third-order valence-corrected chi connectivity index (χ3v) is 4.73. The Morgan fingerprint density at radius 1 is 1.39 bits per heavy atom. The predicted molar refractivity (Wildman–Crippen MR) is 78.9 cm³/mol. The fourth-order valence-electron chi connectivity index (χ4n) is 2.69. The fraction of sp³-hybridized carbons (Fsp3) is 0.571. The third-order valence-electron chi connectivity index (χ3n) is 3.89. The van der Waals surface area contributed by atoms with E-state index in [0.717, 1.165) is 41.6 Å². The number of nitrogens with zero attached hydrogens (tertiary/aromatic N) is 1. The number of hydrogen-bond donors (Lipinski definition) is 1. The van der Waals surface area contributed by atoms with Crippen LogP contribution in [-0.2, 0) is 6.54 Å². The minimum Gasteiger partial charge on any atom is -0.311 e. The van der Waals surface area contributed by atoms with E-state index in [0.29, 0.717) is 6.04 Å². The average molecular weight is 330 g/mol. The van der Waals surface area contributed by atoms with Crippen LogP contribution in [-0.4, -0.2) is 30.6 Å². The van der Waals surface area contributed by atoms with E-state index in [-0.39, 0.29) is 0 Å². The topological polar surface area (TPSA) is 15.3 Å². The molecule has 0 radical (unpaired) electrons. The summed E-state index contributed by atoms with van der Waals surface area (Å²) in [6.07, 6.45) is 2.81. The molecule has 2 aliphatic rings. The lowest BCUT2D eigenvalue weighted by Gasteiger charge is -2.34. The zero-order valence-corrected chi connectivity index (χ0v) is 12.7. The number of hydrogen-bond acceptors (Lipinski definition) is 2. The maximum atomic E-state index is 6.29. The van der Waals surface area contributed by atoms with Crippen LogP contribution in [0.5, 0.6) is 0 Å². The van der Waals surface area contributed by atoms with Crippen molar-refractivity contribution in [3.05, 3.63) is 33.3 Å². The number of benzene rings is 1. The quantitative estimate of drug-likeness (QED) is 0.915. The summed E-state index contributed by atoms with van der Waals surface area (Å²) in [5.41, 5.74) is 1.23. The monoisotopic (exact) mass is 328 g/mol. The number of halogens is 2. The molecule has 1 atom stereocenters. The normalized spacial score (nSPS) is 25.3. The second kappa shape index (κ2) is 5.49. The highest BCUT2D eigenvalue weighted by molar-refractivity contribution is 9.10. The van der Waals surface area contributed by atoms with Crippen molar-refractivity contribution >= 4 is 27.5 Å². The summed E-state index contributed by atoms with van der Waals surface area (Å²) < 4.78 is 1.05. The first-order valence-electron chi connectivity index (χ1n) is 6.62. The van der Waals surface area contributed by atoms with E-state index in [1.807, 2.05) is 6.07 Å². The molecule has 0 aromatic heterocycles. The van der Waals surface area contributed by atoms with Crippen LogP contribution >= 0.6 is 27.5 Å². The molecule has 1 aromatic carbocycles. The van der Waals surface area contributed by atoms with E-state index in [1.165, 1.54) is 18.4 Å². The first kappa shape index (κ1) is 12.9. The van der Waals surface area contributed by atoms with Gasteiger partial charge in [-0.25, -0.2) is 0 Å². The minimum atomic E-state index is 0.702. The lowest BCUT2D eigenvalue weighted by molar-refractivity contribution is 0.181. The Balaban J connectivity index is 1.64. The molecule has 3 rings (SSSR count). The number of piperazine rings is 1. The predicted octanol–water partition coefficient (Wildman–Crippen LogP) is 3.29. The molecule has 1 saturated carbocycles. The SMILES string of the molecule is Clc1cc(Br)ccc1CN1CCNC(C2CC2)C1. The van der Waals surface area contributed by atoms with E-state index in [1.54, 1.807) is 0 Å². The molecule has 1 heterocycles. The second-order valence-electron chi connectivity index (χ2n) is 5.37. The van der Waals surface area contributed by atoms with Crippen molar-refractivity contribution in [3.8, 4) is 0 Å². The molecule has 1 saturated heterocycles. The van der Waals surface area contributed by atoms with Gasteiger partial charge in [0.15, 0.2) is 0 Å². The molecule has 18 heavy (non-hydrogen) atoms. The standard InChI is InChI=1S/C14H18BrClN2/c15-12-4-3-11(13(16)7-12)8-18-6-5-17-14(9-18)10-1-2-10/h3-4,7,10,14,17H,1-2,5-6,8-9H2.